The number of rotatable bonds is 4. The van der Waals surface area contributed by atoms with Crippen molar-refractivity contribution in [1.82, 2.24) is 9.97 Å². The van der Waals surface area contributed by atoms with Crippen LogP contribution >= 0.6 is 0 Å². The van der Waals surface area contributed by atoms with Crippen molar-refractivity contribution in [2.24, 2.45) is 0 Å². The van der Waals surface area contributed by atoms with Crippen molar-refractivity contribution < 1.29 is 13.9 Å². The molecule has 1 aliphatic rings. The lowest BCUT2D eigenvalue weighted by atomic mass is 9.79. The molecule has 1 aliphatic heterocycles. The number of pyridine rings is 2. The Labute approximate surface area is 128 Å². The zero-order chi connectivity index (χ0) is 15.7. The molecule has 6 heteroatoms. The first kappa shape index (κ1) is 14.7. The van der Waals surface area contributed by atoms with Crippen molar-refractivity contribution in [3.05, 3.63) is 35.8 Å². The van der Waals surface area contributed by atoms with E-state index >= 15 is 0 Å². The molecule has 0 saturated carbocycles. The molecule has 0 atom stereocenters. The maximum Gasteiger partial charge on any atom is 0.217 e. The molecule has 2 aromatic rings. The fourth-order valence-electron chi connectivity index (χ4n) is 2.64. The summed E-state index contributed by atoms with van der Waals surface area (Å²) in [6.07, 6.45) is 3.30. The molecule has 3 heterocycles. The first-order valence-electron chi connectivity index (χ1n) is 7.00. The molecular formula is C16H18FN3O2. The average Bonchev–Trinajstić information content (AvgIpc) is 2.49. The Morgan fingerprint density at radius 3 is 2.68 bits per heavy atom. The van der Waals surface area contributed by atoms with Gasteiger partial charge in [0, 0.05) is 28.6 Å². The van der Waals surface area contributed by atoms with E-state index in [9.17, 15) is 4.39 Å². The van der Waals surface area contributed by atoms with Crippen molar-refractivity contribution in [1.29, 1.82) is 0 Å². The second-order valence-electron chi connectivity index (χ2n) is 5.59. The van der Waals surface area contributed by atoms with Crippen LogP contribution in [-0.2, 0) is 10.2 Å². The van der Waals surface area contributed by atoms with Gasteiger partial charge in [-0.1, -0.05) is 0 Å². The molecule has 1 fully saturated rings. The van der Waals surface area contributed by atoms with E-state index in [1.165, 1.54) is 7.11 Å². The fraction of sp³-hybridized carbons (Fsp3) is 0.375. The number of aryl methyl sites for hydroxylation is 1. The summed E-state index contributed by atoms with van der Waals surface area (Å²) >= 11 is 0. The van der Waals surface area contributed by atoms with Gasteiger partial charge in [0.15, 0.2) is 0 Å². The number of hydrogen-bond acceptors (Lipinski definition) is 5. The number of alkyl halides is 1. The summed E-state index contributed by atoms with van der Waals surface area (Å²) in [7, 11) is 1.53. The van der Waals surface area contributed by atoms with Crippen LogP contribution in [0.1, 0.15) is 11.3 Å². The predicted octanol–water partition coefficient (Wildman–Crippen LogP) is 2.28. The van der Waals surface area contributed by atoms with E-state index in [-0.39, 0.29) is 0 Å². The smallest absolute Gasteiger partial charge is 0.217 e. The first-order chi connectivity index (χ1) is 10.6. The van der Waals surface area contributed by atoms with Crippen molar-refractivity contribution >= 4 is 5.69 Å². The third-order valence-corrected chi connectivity index (χ3v) is 4.05. The molecule has 2 aromatic heterocycles. The lowest BCUT2D eigenvalue weighted by molar-refractivity contribution is -0.0716. The maximum atomic E-state index is 13.6. The third kappa shape index (κ3) is 2.29. The Morgan fingerprint density at radius 1 is 1.32 bits per heavy atom. The molecule has 1 saturated heterocycles. The van der Waals surface area contributed by atoms with Crippen LogP contribution in [0.2, 0.25) is 0 Å². The number of halogens is 1. The number of aromatic nitrogens is 2. The molecule has 0 aliphatic carbocycles. The van der Waals surface area contributed by atoms with Gasteiger partial charge in [0.1, 0.15) is 6.67 Å². The van der Waals surface area contributed by atoms with Gasteiger partial charge in [-0.05, 0) is 19.1 Å². The average molecular weight is 303 g/mol. The summed E-state index contributed by atoms with van der Waals surface area (Å²) < 4.78 is 24.1. The van der Waals surface area contributed by atoms with Gasteiger partial charge in [0.05, 0.1) is 37.6 Å². The topological polar surface area (TPSA) is 70.3 Å². The second-order valence-corrected chi connectivity index (χ2v) is 5.59. The summed E-state index contributed by atoms with van der Waals surface area (Å²) in [6.45, 7) is 2.05. The van der Waals surface area contributed by atoms with E-state index in [1.54, 1.807) is 12.4 Å². The van der Waals surface area contributed by atoms with Crippen molar-refractivity contribution in [3.63, 3.8) is 0 Å². The van der Waals surface area contributed by atoms with Gasteiger partial charge in [-0.25, -0.2) is 9.37 Å². The number of nitrogens with two attached hydrogens (primary N) is 1. The number of ether oxygens (including phenoxy) is 2. The van der Waals surface area contributed by atoms with Crippen LogP contribution in [0.15, 0.2) is 24.5 Å². The van der Waals surface area contributed by atoms with Gasteiger partial charge >= 0.3 is 0 Å². The minimum Gasteiger partial charge on any atom is -0.481 e. The van der Waals surface area contributed by atoms with Crippen LogP contribution in [0.25, 0.3) is 11.1 Å². The first-order valence-corrected chi connectivity index (χ1v) is 7.00. The van der Waals surface area contributed by atoms with Crippen LogP contribution in [0.5, 0.6) is 5.88 Å². The lowest BCUT2D eigenvalue weighted by Crippen LogP contribution is -2.49. The quantitative estimate of drug-likeness (QED) is 0.938. The van der Waals surface area contributed by atoms with Crippen LogP contribution < -0.4 is 10.5 Å². The van der Waals surface area contributed by atoms with Gasteiger partial charge in [0.25, 0.3) is 0 Å². The van der Waals surface area contributed by atoms with Crippen molar-refractivity contribution in [3.8, 4) is 17.0 Å². The van der Waals surface area contributed by atoms with Gasteiger partial charge in [-0.2, -0.15) is 0 Å². The Kier molecular flexibility index (Phi) is 3.70. The molecule has 22 heavy (non-hydrogen) atoms. The van der Waals surface area contributed by atoms with E-state index in [0.29, 0.717) is 24.8 Å². The lowest BCUT2D eigenvalue weighted by Gasteiger charge is -2.39. The van der Waals surface area contributed by atoms with Crippen LogP contribution in [0.3, 0.4) is 0 Å². The van der Waals surface area contributed by atoms with E-state index in [4.69, 9.17) is 15.2 Å². The van der Waals surface area contributed by atoms with E-state index in [2.05, 4.69) is 9.97 Å². The number of hydrogen-bond donors (Lipinski definition) is 1. The summed E-state index contributed by atoms with van der Waals surface area (Å²) in [6, 6.07) is 3.74. The highest BCUT2D eigenvalue weighted by molar-refractivity contribution is 5.69. The number of methoxy groups -OCH3 is 1. The van der Waals surface area contributed by atoms with Gasteiger partial charge in [-0.3, -0.25) is 4.98 Å². The van der Waals surface area contributed by atoms with Gasteiger partial charge < -0.3 is 15.2 Å². The highest BCUT2D eigenvalue weighted by Gasteiger charge is 2.43. The van der Waals surface area contributed by atoms with Crippen LogP contribution in [-0.4, -0.2) is 37.0 Å². The molecule has 2 N–H and O–H groups in total. The zero-order valence-electron chi connectivity index (χ0n) is 12.6. The Hall–Kier alpha value is -2.21. The molecule has 0 unspecified atom stereocenters. The standard InChI is InChI=1S/C16H18FN3O2/c1-10-13(4-12(18)6-19-10)11-3-14(15(21-2)20-5-11)16(7-17)8-22-9-16/h3-6H,7-9,18H2,1-2H3. The predicted molar refractivity (Wildman–Crippen MR) is 81.6 cm³/mol. The van der Waals surface area contributed by atoms with Gasteiger partial charge in [-0.15, -0.1) is 0 Å². The summed E-state index contributed by atoms with van der Waals surface area (Å²) in [5.41, 5.74) is 9.01. The SMILES string of the molecule is COc1ncc(-c2cc(N)cnc2C)cc1C1(CF)COC1. The highest BCUT2D eigenvalue weighted by Crippen LogP contribution is 2.39. The highest BCUT2D eigenvalue weighted by atomic mass is 19.1. The Bertz CT molecular complexity index is 696. The third-order valence-electron chi connectivity index (χ3n) is 4.05. The minimum absolute atomic E-state index is 0.332. The normalized spacial score (nSPS) is 16.1. The number of anilines is 1. The van der Waals surface area contributed by atoms with Crippen molar-refractivity contribution in [2.45, 2.75) is 12.3 Å². The van der Waals surface area contributed by atoms with E-state index in [1.807, 2.05) is 19.1 Å². The molecule has 0 amide bonds. The van der Waals surface area contributed by atoms with E-state index in [0.717, 1.165) is 22.4 Å². The largest absolute Gasteiger partial charge is 0.481 e. The van der Waals surface area contributed by atoms with Crippen molar-refractivity contribution in [2.75, 3.05) is 32.7 Å². The molecule has 116 valence electrons. The molecule has 0 radical (unpaired) electrons. The fourth-order valence-corrected chi connectivity index (χ4v) is 2.64. The monoisotopic (exact) mass is 303 g/mol. The van der Waals surface area contributed by atoms with E-state index < -0.39 is 12.1 Å². The maximum absolute atomic E-state index is 13.6. The molecule has 3 rings (SSSR count). The second kappa shape index (κ2) is 5.53. The number of nitrogens with zero attached hydrogens (tertiary/aromatic N) is 2. The molecular weight excluding hydrogens is 285 g/mol. The molecule has 0 spiro atoms. The zero-order valence-corrected chi connectivity index (χ0v) is 12.6. The molecule has 5 nitrogen and oxygen atoms in total. The summed E-state index contributed by atoms with van der Waals surface area (Å²) in [5, 5.41) is 0. The Morgan fingerprint density at radius 2 is 2.09 bits per heavy atom. The van der Waals surface area contributed by atoms with Crippen LogP contribution in [0.4, 0.5) is 10.1 Å². The number of nitrogen functional groups attached to an aromatic ring is 1. The molecule has 0 bridgehead atoms. The van der Waals surface area contributed by atoms with Gasteiger partial charge in [0.2, 0.25) is 5.88 Å². The molecule has 0 aromatic carbocycles. The minimum atomic E-state index is -0.671. The van der Waals surface area contributed by atoms with Crippen LogP contribution in [0, 0.1) is 6.92 Å². The summed E-state index contributed by atoms with van der Waals surface area (Å²) in [5.74, 6) is 0.430. The Balaban J connectivity index is 2.13. The summed E-state index contributed by atoms with van der Waals surface area (Å²) in [4.78, 5) is 8.59.